The van der Waals surface area contributed by atoms with Crippen LogP contribution >= 0.6 is 11.3 Å². The Hall–Kier alpha value is -2.22. The predicted molar refractivity (Wildman–Crippen MR) is 91.6 cm³/mol. The van der Waals surface area contributed by atoms with Crippen LogP contribution in [-0.2, 0) is 16.1 Å². The first-order valence-electron chi connectivity index (χ1n) is 8.24. The van der Waals surface area contributed by atoms with Crippen LogP contribution in [0.25, 0.3) is 0 Å². The van der Waals surface area contributed by atoms with Crippen LogP contribution in [0.3, 0.4) is 0 Å². The molecular weight excluding hydrogens is 326 g/mol. The zero-order chi connectivity index (χ0) is 16.9. The molecule has 0 spiro atoms. The van der Waals surface area contributed by atoms with E-state index in [0.29, 0.717) is 18.9 Å². The third-order valence-electron chi connectivity index (χ3n) is 4.09. The molecule has 1 aliphatic rings. The molecule has 0 radical (unpaired) electrons. The molecule has 8 heteroatoms. The Kier molecular flexibility index (Phi) is 5.24. The number of nitrogens with one attached hydrogen (secondary N) is 1. The van der Waals surface area contributed by atoms with Gasteiger partial charge in [0, 0.05) is 30.7 Å². The minimum atomic E-state index is -0.615. The van der Waals surface area contributed by atoms with Crippen LogP contribution in [0.5, 0.6) is 0 Å². The summed E-state index contributed by atoms with van der Waals surface area (Å²) in [5.74, 6) is -0.562. The lowest BCUT2D eigenvalue weighted by Gasteiger charge is -2.33. The zero-order valence-electron chi connectivity index (χ0n) is 13.6. The maximum absolute atomic E-state index is 12.7. The first-order valence-corrected chi connectivity index (χ1v) is 9.11. The summed E-state index contributed by atoms with van der Waals surface area (Å²) in [5, 5.41) is 9.64. The molecule has 2 aromatic rings. The van der Waals surface area contributed by atoms with Gasteiger partial charge in [0.1, 0.15) is 10.8 Å². The quantitative estimate of drug-likeness (QED) is 0.862. The van der Waals surface area contributed by atoms with Crippen molar-refractivity contribution in [2.75, 3.05) is 11.9 Å². The van der Waals surface area contributed by atoms with E-state index in [-0.39, 0.29) is 6.04 Å². The largest absolute Gasteiger partial charge is 0.325 e. The van der Waals surface area contributed by atoms with Gasteiger partial charge in [-0.2, -0.15) is 5.10 Å². The van der Waals surface area contributed by atoms with E-state index in [0.717, 1.165) is 30.7 Å². The van der Waals surface area contributed by atoms with Gasteiger partial charge in [0.25, 0.3) is 0 Å². The number of rotatable bonds is 4. The summed E-state index contributed by atoms with van der Waals surface area (Å²) in [4.78, 5) is 31.1. The Balaban J connectivity index is 1.72. The summed E-state index contributed by atoms with van der Waals surface area (Å²) < 4.78 is 1.69. The summed E-state index contributed by atoms with van der Waals surface area (Å²) in [6.45, 7) is 3.32. The minimum absolute atomic E-state index is 0.0995. The highest BCUT2D eigenvalue weighted by Crippen LogP contribution is 2.32. The Morgan fingerprint density at radius 2 is 2.25 bits per heavy atom. The van der Waals surface area contributed by atoms with E-state index in [1.165, 1.54) is 11.3 Å². The summed E-state index contributed by atoms with van der Waals surface area (Å²) in [5.41, 5.74) is 0. The van der Waals surface area contributed by atoms with Gasteiger partial charge in [-0.1, -0.05) is 6.92 Å². The van der Waals surface area contributed by atoms with E-state index in [9.17, 15) is 9.59 Å². The molecule has 0 saturated carbocycles. The summed E-state index contributed by atoms with van der Waals surface area (Å²) in [7, 11) is 0. The van der Waals surface area contributed by atoms with Crippen LogP contribution < -0.4 is 5.32 Å². The smallest absolute Gasteiger partial charge is 0.315 e. The fraction of sp³-hybridized carbons (Fsp3) is 0.500. The molecule has 3 rings (SSSR count). The van der Waals surface area contributed by atoms with E-state index >= 15 is 0 Å². The highest BCUT2D eigenvalue weighted by molar-refractivity contribution is 7.09. The van der Waals surface area contributed by atoms with Gasteiger partial charge in [-0.25, -0.2) is 9.67 Å². The number of amides is 2. The van der Waals surface area contributed by atoms with Crippen molar-refractivity contribution >= 4 is 29.0 Å². The molecule has 1 saturated heterocycles. The van der Waals surface area contributed by atoms with Gasteiger partial charge < -0.3 is 10.2 Å². The molecule has 7 nitrogen and oxygen atoms in total. The molecule has 0 unspecified atom stereocenters. The number of thiazole rings is 1. The van der Waals surface area contributed by atoms with Crippen LogP contribution in [0.2, 0.25) is 0 Å². The van der Waals surface area contributed by atoms with Gasteiger partial charge in [-0.3, -0.25) is 9.59 Å². The molecule has 24 heavy (non-hydrogen) atoms. The molecule has 0 aliphatic carbocycles. The second-order valence-corrected chi connectivity index (χ2v) is 6.70. The summed E-state index contributed by atoms with van der Waals surface area (Å²) in [6, 6.07) is 1.60. The van der Waals surface area contributed by atoms with Crippen LogP contribution in [0.15, 0.2) is 23.8 Å². The van der Waals surface area contributed by atoms with Crippen molar-refractivity contribution in [2.45, 2.75) is 45.2 Å². The second-order valence-electron chi connectivity index (χ2n) is 5.77. The topological polar surface area (TPSA) is 80.1 Å². The average molecular weight is 347 g/mol. The molecule has 3 heterocycles. The maximum Gasteiger partial charge on any atom is 0.315 e. The van der Waals surface area contributed by atoms with Gasteiger partial charge in [0.2, 0.25) is 0 Å². The Bertz CT molecular complexity index is 697. The van der Waals surface area contributed by atoms with Crippen LogP contribution in [-0.4, -0.2) is 38.0 Å². The Labute approximate surface area is 144 Å². The number of aryl methyl sites for hydroxylation is 1. The fourth-order valence-corrected chi connectivity index (χ4v) is 3.74. The van der Waals surface area contributed by atoms with E-state index in [1.807, 2.05) is 12.3 Å². The van der Waals surface area contributed by atoms with Crippen molar-refractivity contribution in [3.8, 4) is 0 Å². The summed E-state index contributed by atoms with van der Waals surface area (Å²) in [6.07, 6.45) is 7.06. The van der Waals surface area contributed by atoms with Crippen molar-refractivity contribution in [3.05, 3.63) is 28.8 Å². The normalized spacial score (nSPS) is 17.7. The monoisotopic (exact) mass is 347 g/mol. The highest BCUT2D eigenvalue weighted by atomic mass is 32.1. The molecule has 0 aromatic carbocycles. The number of anilines is 1. The predicted octanol–water partition coefficient (Wildman–Crippen LogP) is 2.44. The molecule has 1 fully saturated rings. The number of carbonyl (C=O) groups excluding carboxylic acids is 2. The van der Waals surface area contributed by atoms with Crippen molar-refractivity contribution in [3.63, 3.8) is 0 Å². The minimum Gasteiger partial charge on any atom is -0.325 e. The molecule has 1 atom stereocenters. The Morgan fingerprint density at radius 1 is 1.38 bits per heavy atom. The van der Waals surface area contributed by atoms with E-state index in [4.69, 9.17) is 0 Å². The van der Waals surface area contributed by atoms with E-state index in [1.54, 1.807) is 28.0 Å². The highest BCUT2D eigenvalue weighted by Gasteiger charge is 2.33. The molecular formula is C16H21N5O2S. The van der Waals surface area contributed by atoms with Gasteiger partial charge in [-0.05, 0) is 25.7 Å². The van der Waals surface area contributed by atoms with Crippen LogP contribution in [0.1, 0.15) is 43.7 Å². The number of hydrogen-bond acceptors (Lipinski definition) is 5. The van der Waals surface area contributed by atoms with Crippen molar-refractivity contribution in [1.29, 1.82) is 0 Å². The van der Waals surface area contributed by atoms with Crippen LogP contribution in [0, 0.1) is 0 Å². The van der Waals surface area contributed by atoms with E-state index < -0.39 is 11.8 Å². The first kappa shape index (κ1) is 16.6. The van der Waals surface area contributed by atoms with Gasteiger partial charge in [0.15, 0.2) is 0 Å². The van der Waals surface area contributed by atoms with Crippen molar-refractivity contribution in [1.82, 2.24) is 19.7 Å². The number of nitrogens with zero attached hydrogens (tertiary/aromatic N) is 4. The molecule has 2 aromatic heterocycles. The van der Waals surface area contributed by atoms with Gasteiger partial charge in [-0.15, -0.1) is 11.3 Å². The molecule has 128 valence electrons. The fourth-order valence-electron chi connectivity index (χ4n) is 2.96. The third kappa shape index (κ3) is 3.48. The summed E-state index contributed by atoms with van der Waals surface area (Å²) >= 11 is 1.53. The molecule has 2 amide bonds. The molecule has 1 N–H and O–H groups in total. The van der Waals surface area contributed by atoms with Crippen LogP contribution in [0.4, 0.5) is 5.82 Å². The Morgan fingerprint density at radius 3 is 3.00 bits per heavy atom. The lowest BCUT2D eigenvalue weighted by atomic mass is 10.0. The SMILES string of the molecule is CCCn1nccc1NC(=O)C(=O)N1CCCC[C@H]1c1nccs1. The number of piperidine rings is 1. The number of carbonyl (C=O) groups is 2. The first-order chi connectivity index (χ1) is 11.7. The number of hydrogen-bond donors (Lipinski definition) is 1. The van der Waals surface area contributed by atoms with Crippen molar-refractivity contribution < 1.29 is 9.59 Å². The number of likely N-dealkylation sites (tertiary alicyclic amines) is 1. The van der Waals surface area contributed by atoms with Gasteiger partial charge in [0.05, 0.1) is 12.2 Å². The molecule has 0 bridgehead atoms. The standard InChI is InChI=1S/C16H21N5O2S/c1-2-9-21-13(6-7-18-21)19-14(22)16(23)20-10-4-3-5-12(20)15-17-8-11-24-15/h6-8,11-12H,2-5,9-10H2,1H3,(H,19,22)/t12-/m0/s1. The van der Waals surface area contributed by atoms with Crippen molar-refractivity contribution in [2.24, 2.45) is 0 Å². The molecule has 1 aliphatic heterocycles. The lowest BCUT2D eigenvalue weighted by molar-refractivity contribution is -0.145. The number of aromatic nitrogens is 3. The van der Waals surface area contributed by atoms with E-state index in [2.05, 4.69) is 15.4 Å². The van der Waals surface area contributed by atoms with Gasteiger partial charge >= 0.3 is 11.8 Å². The lowest BCUT2D eigenvalue weighted by Crippen LogP contribution is -2.44. The third-order valence-corrected chi connectivity index (χ3v) is 4.96. The maximum atomic E-state index is 12.7. The zero-order valence-corrected chi connectivity index (χ0v) is 14.5. The second kappa shape index (κ2) is 7.57. The average Bonchev–Trinajstić information content (AvgIpc) is 3.27.